The first-order valence-corrected chi connectivity index (χ1v) is 11.0. The Hall–Kier alpha value is -2.07. The van der Waals surface area contributed by atoms with E-state index in [4.69, 9.17) is 4.74 Å². The second-order valence-corrected chi connectivity index (χ2v) is 8.73. The second kappa shape index (κ2) is 9.62. The van der Waals surface area contributed by atoms with Crippen molar-refractivity contribution in [3.63, 3.8) is 0 Å². The number of nitrogens with zero attached hydrogens (tertiary/aromatic N) is 3. The van der Waals surface area contributed by atoms with E-state index in [9.17, 15) is 14.4 Å². The molecule has 1 fully saturated rings. The number of aryl methyl sites for hydroxylation is 1. The molecule has 3 amide bonds. The number of hydrogen-bond acceptors (Lipinski definition) is 6. The Morgan fingerprint density at radius 1 is 1.41 bits per heavy atom. The first-order valence-electron chi connectivity index (χ1n) is 9.98. The monoisotopic (exact) mass is 423 g/mol. The van der Waals surface area contributed by atoms with Gasteiger partial charge in [0.15, 0.2) is 5.69 Å². The molecule has 0 aromatic carbocycles. The lowest BCUT2D eigenvalue weighted by molar-refractivity contribution is -0.133. The lowest BCUT2D eigenvalue weighted by Gasteiger charge is -2.29. The molecule has 0 radical (unpaired) electrons. The van der Waals surface area contributed by atoms with Crippen molar-refractivity contribution in [1.82, 2.24) is 25.3 Å². The molecule has 0 unspecified atom stereocenters. The van der Waals surface area contributed by atoms with Crippen LogP contribution in [0.15, 0.2) is 0 Å². The summed E-state index contributed by atoms with van der Waals surface area (Å²) in [6.07, 6.45) is 1.61. The first kappa shape index (κ1) is 21.6. The average Bonchev–Trinajstić information content (AvgIpc) is 3.29. The van der Waals surface area contributed by atoms with Crippen LogP contribution in [0.1, 0.15) is 42.0 Å². The fourth-order valence-corrected chi connectivity index (χ4v) is 4.28. The second-order valence-electron chi connectivity index (χ2n) is 7.73. The van der Waals surface area contributed by atoms with Crippen molar-refractivity contribution in [2.24, 2.45) is 5.92 Å². The Morgan fingerprint density at radius 2 is 2.21 bits per heavy atom. The topological polar surface area (TPSA) is 106 Å². The lowest BCUT2D eigenvalue weighted by atomic mass is 10.0. The minimum Gasteiger partial charge on any atom is -0.383 e. The van der Waals surface area contributed by atoms with Crippen molar-refractivity contribution in [2.45, 2.75) is 45.8 Å². The van der Waals surface area contributed by atoms with Crippen LogP contribution in [0.5, 0.6) is 0 Å². The molecule has 1 aromatic heterocycles. The van der Waals surface area contributed by atoms with E-state index in [0.29, 0.717) is 50.0 Å². The van der Waals surface area contributed by atoms with Crippen molar-refractivity contribution in [3.8, 4) is 0 Å². The Bertz CT molecular complexity index is 779. The number of rotatable bonds is 8. The van der Waals surface area contributed by atoms with Crippen molar-refractivity contribution in [2.75, 3.05) is 32.6 Å². The Kier molecular flexibility index (Phi) is 7.18. The lowest BCUT2D eigenvalue weighted by Crippen LogP contribution is -2.47. The maximum absolute atomic E-state index is 12.8. The van der Waals surface area contributed by atoms with Crippen LogP contribution in [0.3, 0.4) is 0 Å². The number of carbonyl (C=O) groups is 3. The van der Waals surface area contributed by atoms with Gasteiger partial charge in [0, 0.05) is 56.7 Å². The van der Waals surface area contributed by atoms with E-state index in [-0.39, 0.29) is 17.1 Å². The van der Waals surface area contributed by atoms with Gasteiger partial charge in [-0.1, -0.05) is 25.6 Å². The number of fused-ring (bicyclic) bond motifs is 1. The molecule has 1 aromatic rings. The van der Waals surface area contributed by atoms with Crippen LogP contribution in [-0.4, -0.2) is 70.3 Å². The predicted molar refractivity (Wildman–Crippen MR) is 110 cm³/mol. The predicted octanol–water partition coefficient (Wildman–Crippen LogP) is 1.02. The minimum atomic E-state index is -0.496. The van der Waals surface area contributed by atoms with E-state index in [0.717, 1.165) is 36.0 Å². The normalized spacial score (nSPS) is 18.7. The molecule has 3 rings (SSSR count). The number of amides is 3. The van der Waals surface area contributed by atoms with Gasteiger partial charge in [0.25, 0.3) is 11.1 Å². The first-order chi connectivity index (χ1) is 13.9. The van der Waals surface area contributed by atoms with E-state index in [2.05, 4.69) is 29.6 Å². The van der Waals surface area contributed by atoms with Crippen molar-refractivity contribution < 1.29 is 19.1 Å². The summed E-state index contributed by atoms with van der Waals surface area (Å²) in [4.78, 5) is 38.7. The fraction of sp³-hybridized carbons (Fsp3) is 0.684. The standard InChI is InChI=1S/C19H29N5O4S/c1-12(2)4-8-24-15-5-7-23(18(26)14-11-29-19(27)21-14)10-13(15)16(22-24)17(25)20-6-9-28-3/h12,14H,4-11H2,1-3H3,(H,20,25)(H,21,27)/t14-/m0/s1. The number of carbonyl (C=O) groups excluding carboxylic acids is 3. The van der Waals surface area contributed by atoms with Gasteiger partial charge in [-0.15, -0.1) is 0 Å². The molecular formula is C19H29N5O4S. The SMILES string of the molecule is COCCNC(=O)c1nn(CCC(C)C)c2c1CN(C(=O)[C@@H]1CSC(=O)N1)CC2. The number of ether oxygens (including phenoxy) is 1. The zero-order chi connectivity index (χ0) is 21.0. The summed E-state index contributed by atoms with van der Waals surface area (Å²) < 4.78 is 6.92. The highest BCUT2D eigenvalue weighted by molar-refractivity contribution is 8.14. The zero-order valence-corrected chi connectivity index (χ0v) is 18.0. The largest absolute Gasteiger partial charge is 0.383 e. The van der Waals surface area contributed by atoms with Gasteiger partial charge >= 0.3 is 0 Å². The summed E-state index contributed by atoms with van der Waals surface area (Å²) in [6, 6.07) is -0.496. The van der Waals surface area contributed by atoms with Crippen LogP contribution < -0.4 is 10.6 Å². The maximum Gasteiger partial charge on any atom is 0.279 e. The molecule has 0 bridgehead atoms. The van der Waals surface area contributed by atoms with Crippen LogP contribution in [0.4, 0.5) is 4.79 Å². The van der Waals surface area contributed by atoms with Crippen LogP contribution in [-0.2, 0) is 29.0 Å². The molecule has 0 aliphatic carbocycles. The quantitative estimate of drug-likeness (QED) is 0.605. The van der Waals surface area contributed by atoms with Gasteiger partial charge < -0.3 is 20.3 Å². The molecular weight excluding hydrogens is 394 g/mol. The highest BCUT2D eigenvalue weighted by atomic mass is 32.2. The molecule has 0 spiro atoms. The minimum absolute atomic E-state index is 0.102. The summed E-state index contributed by atoms with van der Waals surface area (Å²) in [6.45, 7) is 6.77. The molecule has 2 N–H and O–H groups in total. The van der Waals surface area contributed by atoms with E-state index in [1.807, 2.05) is 4.68 Å². The summed E-state index contributed by atoms with van der Waals surface area (Å²) >= 11 is 1.13. The van der Waals surface area contributed by atoms with Gasteiger partial charge in [-0.2, -0.15) is 5.10 Å². The van der Waals surface area contributed by atoms with Crippen LogP contribution in [0, 0.1) is 5.92 Å². The molecule has 1 saturated heterocycles. The average molecular weight is 424 g/mol. The number of methoxy groups -OCH3 is 1. The summed E-state index contributed by atoms with van der Waals surface area (Å²) in [5.74, 6) is 0.619. The van der Waals surface area contributed by atoms with Crippen molar-refractivity contribution in [3.05, 3.63) is 17.0 Å². The van der Waals surface area contributed by atoms with Gasteiger partial charge in [0.05, 0.1) is 6.61 Å². The molecule has 160 valence electrons. The Morgan fingerprint density at radius 3 is 2.86 bits per heavy atom. The number of nitrogens with one attached hydrogen (secondary N) is 2. The molecule has 0 saturated carbocycles. The van der Waals surface area contributed by atoms with Crippen LogP contribution >= 0.6 is 11.8 Å². The molecule has 10 heteroatoms. The smallest absolute Gasteiger partial charge is 0.279 e. The summed E-state index contributed by atoms with van der Waals surface area (Å²) in [7, 11) is 1.58. The third-order valence-electron chi connectivity index (χ3n) is 5.14. The third kappa shape index (κ3) is 5.11. The maximum atomic E-state index is 12.8. The van der Waals surface area contributed by atoms with Crippen molar-refractivity contribution >= 4 is 28.8 Å². The zero-order valence-electron chi connectivity index (χ0n) is 17.2. The molecule has 3 heterocycles. The van der Waals surface area contributed by atoms with Crippen molar-refractivity contribution in [1.29, 1.82) is 0 Å². The molecule has 29 heavy (non-hydrogen) atoms. The van der Waals surface area contributed by atoms with E-state index < -0.39 is 6.04 Å². The number of hydrogen-bond donors (Lipinski definition) is 2. The molecule has 1 atom stereocenters. The fourth-order valence-electron chi connectivity index (χ4n) is 3.52. The van der Waals surface area contributed by atoms with Gasteiger partial charge in [-0.3, -0.25) is 19.1 Å². The van der Waals surface area contributed by atoms with Gasteiger partial charge in [-0.05, 0) is 12.3 Å². The molecule has 2 aliphatic heterocycles. The molecule has 9 nitrogen and oxygen atoms in total. The summed E-state index contributed by atoms with van der Waals surface area (Å²) in [5, 5.41) is 9.96. The molecule has 2 aliphatic rings. The van der Waals surface area contributed by atoms with Crippen LogP contribution in [0.2, 0.25) is 0 Å². The highest BCUT2D eigenvalue weighted by Gasteiger charge is 2.35. The Balaban J connectivity index is 1.80. The van der Waals surface area contributed by atoms with Gasteiger partial charge in [0.2, 0.25) is 5.91 Å². The Labute approximate surface area is 174 Å². The highest BCUT2D eigenvalue weighted by Crippen LogP contribution is 2.25. The van der Waals surface area contributed by atoms with E-state index in [1.165, 1.54) is 0 Å². The van der Waals surface area contributed by atoms with Gasteiger partial charge in [-0.25, -0.2) is 0 Å². The number of thioether (sulfide) groups is 1. The number of aromatic nitrogens is 2. The van der Waals surface area contributed by atoms with E-state index >= 15 is 0 Å². The third-order valence-corrected chi connectivity index (χ3v) is 6.02. The van der Waals surface area contributed by atoms with Gasteiger partial charge in [0.1, 0.15) is 6.04 Å². The van der Waals surface area contributed by atoms with E-state index in [1.54, 1.807) is 12.0 Å². The van der Waals surface area contributed by atoms with Crippen LogP contribution in [0.25, 0.3) is 0 Å². The summed E-state index contributed by atoms with van der Waals surface area (Å²) in [5.41, 5.74) is 2.21.